The zero-order valence-corrected chi connectivity index (χ0v) is 11.5. The van der Waals surface area contributed by atoms with Crippen LogP contribution in [0.15, 0.2) is 30.3 Å². The smallest absolute Gasteiger partial charge is 0.198 e. The molecule has 106 valence electrons. The molecule has 0 saturated heterocycles. The first-order valence-corrected chi connectivity index (χ1v) is 6.42. The number of aryl methyl sites for hydroxylation is 1. The van der Waals surface area contributed by atoms with Crippen LogP contribution < -0.4 is 4.74 Å². The number of rotatable bonds is 4. The lowest BCUT2D eigenvalue weighted by Gasteiger charge is -2.10. The molecular weight excluding hydrogens is 286 g/mol. The lowest BCUT2D eigenvalue weighted by Crippen LogP contribution is -1.98. The Hall–Kier alpha value is -1.65. The van der Waals surface area contributed by atoms with Crippen molar-refractivity contribution in [1.82, 2.24) is 0 Å². The van der Waals surface area contributed by atoms with Crippen LogP contribution in [-0.2, 0) is 6.42 Å². The van der Waals surface area contributed by atoms with Gasteiger partial charge in [0.2, 0.25) is 0 Å². The van der Waals surface area contributed by atoms with Crippen molar-refractivity contribution < 1.29 is 18.6 Å². The molecule has 0 aliphatic heterocycles. The van der Waals surface area contributed by atoms with Gasteiger partial charge >= 0.3 is 0 Å². The van der Waals surface area contributed by atoms with Gasteiger partial charge in [-0.3, -0.25) is 0 Å². The minimum absolute atomic E-state index is 0.171. The molecule has 5 heteroatoms. The SMILES string of the molecule is Cc1cc(Oc2c(F)cc(CCO)cc2F)ccc1Cl. The van der Waals surface area contributed by atoms with Crippen LogP contribution >= 0.6 is 11.6 Å². The van der Waals surface area contributed by atoms with Gasteiger partial charge in [-0.25, -0.2) is 8.78 Å². The van der Waals surface area contributed by atoms with Crippen molar-refractivity contribution in [3.8, 4) is 11.5 Å². The highest BCUT2D eigenvalue weighted by Crippen LogP contribution is 2.30. The first kappa shape index (κ1) is 14.8. The monoisotopic (exact) mass is 298 g/mol. The number of hydrogen-bond acceptors (Lipinski definition) is 2. The van der Waals surface area contributed by atoms with Gasteiger partial charge in [0.25, 0.3) is 0 Å². The maximum absolute atomic E-state index is 13.8. The van der Waals surface area contributed by atoms with Crippen LogP contribution in [0.5, 0.6) is 11.5 Å². The van der Waals surface area contributed by atoms with E-state index in [0.717, 1.165) is 17.7 Å². The molecule has 0 saturated carbocycles. The number of aliphatic hydroxyl groups is 1. The number of aliphatic hydroxyl groups excluding tert-OH is 1. The molecular formula is C15H13ClF2O2. The van der Waals surface area contributed by atoms with Gasteiger partial charge < -0.3 is 9.84 Å². The largest absolute Gasteiger partial charge is 0.451 e. The average molecular weight is 299 g/mol. The zero-order valence-electron chi connectivity index (χ0n) is 10.8. The van der Waals surface area contributed by atoms with E-state index in [0.29, 0.717) is 16.3 Å². The third-order valence-electron chi connectivity index (χ3n) is 2.81. The molecule has 2 nitrogen and oxygen atoms in total. The highest BCUT2D eigenvalue weighted by Gasteiger charge is 2.14. The van der Waals surface area contributed by atoms with Crippen LogP contribution in [0.1, 0.15) is 11.1 Å². The van der Waals surface area contributed by atoms with Crippen molar-refractivity contribution in [2.24, 2.45) is 0 Å². The van der Waals surface area contributed by atoms with Gasteiger partial charge in [0.1, 0.15) is 5.75 Å². The van der Waals surface area contributed by atoms with Crippen molar-refractivity contribution in [3.05, 3.63) is 58.1 Å². The number of benzene rings is 2. The molecule has 0 fully saturated rings. The summed E-state index contributed by atoms with van der Waals surface area (Å²) in [6, 6.07) is 7.04. The summed E-state index contributed by atoms with van der Waals surface area (Å²) in [7, 11) is 0. The van der Waals surface area contributed by atoms with Crippen molar-refractivity contribution in [1.29, 1.82) is 0 Å². The summed E-state index contributed by atoms with van der Waals surface area (Å²) in [5.74, 6) is -1.77. The third kappa shape index (κ3) is 3.26. The van der Waals surface area contributed by atoms with Crippen molar-refractivity contribution in [3.63, 3.8) is 0 Å². The van der Waals surface area contributed by atoms with Crippen LogP contribution in [0.3, 0.4) is 0 Å². The summed E-state index contributed by atoms with van der Waals surface area (Å²) in [4.78, 5) is 0. The standard InChI is InChI=1S/C15H13ClF2O2/c1-9-6-11(2-3-12(9)16)20-15-13(17)7-10(4-5-19)8-14(15)18/h2-3,6-8,19H,4-5H2,1H3. The first-order chi connectivity index (χ1) is 9.51. The number of hydrogen-bond donors (Lipinski definition) is 1. The van der Waals surface area contributed by atoms with E-state index in [1.165, 1.54) is 6.07 Å². The van der Waals surface area contributed by atoms with Gasteiger partial charge in [0.05, 0.1) is 0 Å². The molecule has 2 aromatic carbocycles. The second-order valence-electron chi connectivity index (χ2n) is 4.38. The summed E-state index contributed by atoms with van der Waals surface area (Å²) < 4.78 is 32.9. The maximum Gasteiger partial charge on any atom is 0.198 e. The minimum atomic E-state index is -0.805. The van der Waals surface area contributed by atoms with E-state index < -0.39 is 17.4 Å². The molecule has 0 aliphatic rings. The minimum Gasteiger partial charge on any atom is -0.451 e. The molecule has 1 N–H and O–H groups in total. The Morgan fingerprint density at radius 2 is 1.80 bits per heavy atom. The molecule has 2 aromatic rings. The molecule has 0 radical (unpaired) electrons. The summed E-state index contributed by atoms with van der Waals surface area (Å²) in [5.41, 5.74) is 1.13. The van der Waals surface area contributed by atoms with Gasteiger partial charge in [0, 0.05) is 11.6 Å². The molecule has 0 spiro atoms. The van der Waals surface area contributed by atoms with E-state index in [2.05, 4.69) is 0 Å². The average Bonchev–Trinajstić information content (AvgIpc) is 2.38. The summed E-state index contributed by atoms with van der Waals surface area (Å²) in [6.45, 7) is 1.60. The molecule has 20 heavy (non-hydrogen) atoms. The molecule has 0 unspecified atom stereocenters. The van der Waals surface area contributed by atoms with Gasteiger partial charge in [-0.1, -0.05) is 11.6 Å². The number of halogens is 3. The topological polar surface area (TPSA) is 29.5 Å². The van der Waals surface area contributed by atoms with Crippen LogP contribution in [0.2, 0.25) is 5.02 Å². The quantitative estimate of drug-likeness (QED) is 0.914. The summed E-state index contributed by atoms with van der Waals surface area (Å²) in [5, 5.41) is 9.33. The Morgan fingerprint density at radius 3 is 2.35 bits per heavy atom. The molecule has 0 atom stereocenters. The molecule has 0 heterocycles. The zero-order chi connectivity index (χ0) is 14.7. The van der Waals surface area contributed by atoms with Gasteiger partial charge in [-0.05, 0) is 54.8 Å². The van der Waals surface area contributed by atoms with Crippen molar-refractivity contribution in [2.45, 2.75) is 13.3 Å². The van der Waals surface area contributed by atoms with E-state index in [1.54, 1.807) is 19.1 Å². The predicted molar refractivity (Wildman–Crippen MR) is 73.4 cm³/mol. The maximum atomic E-state index is 13.8. The molecule has 0 aliphatic carbocycles. The first-order valence-electron chi connectivity index (χ1n) is 6.04. The van der Waals surface area contributed by atoms with Crippen LogP contribution in [0.4, 0.5) is 8.78 Å². The Balaban J connectivity index is 2.31. The Labute approximate surface area is 120 Å². The van der Waals surface area contributed by atoms with Crippen molar-refractivity contribution in [2.75, 3.05) is 6.61 Å². The second-order valence-corrected chi connectivity index (χ2v) is 4.78. The van der Waals surface area contributed by atoms with Crippen LogP contribution in [0, 0.1) is 18.6 Å². The third-order valence-corrected chi connectivity index (χ3v) is 3.23. The van der Waals surface area contributed by atoms with Crippen molar-refractivity contribution >= 4 is 11.6 Å². The second kappa shape index (κ2) is 6.20. The fourth-order valence-electron chi connectivity index (χ4n) is 1.78. The normalized spacial score (nSPS) is 10.7. The van der Waals surface area contributed by atoms with E-state index >= 15 is 0 Å². The van der Waals surface area contributed by atoms with E-state index in [1.807, 2.05) is 0 Å². The highest BCUT2D eigenvalue weighted by molar-refractivity contribution is 6.31. The fraction of sp³-hybridized carbons (Fsp3) is 0.200. The molecule has 0 bridgehead atoms. The molecule has 2 rings (SSSR count). The van der Waals surface area contributed by atoms with Gasteiger partial charge in [-0.2, -0.15) is 0 Å². The fourth-order valence-corrected chi connectivity index (χ4v) is 1.90. The lowest BCUT2D eigenvalue weighted by molar-refractivity contribution is 0.299. The Bertz CT molecular complexity index is 606. The van der Waals surface area contributed by atoms with E-state index in [4.69, 9.17) is 21.4 Å². The van der Waals surface area contributed by atoms with Crippen LogP contribution in [0.25, 0.3) is 0 Å². The lowest BCUT2D eigenvalue weighted by atomic mass is 10.1. The van der Waals surface area contributed by atoms with Gasteiger partial charge in [-0.15, -0.1) is 0 Å². The highest BCUT2D eigenvalue weighted by atomic mass is 35.5. The molecule has 0 amide bonds. The van der Waals surface area contributed by atoms with E-state index in [-0.39, 0.29) is 13.0 Å². The number of ether oxygens (including phenoxy) is 1. The Kier molecular flexibility index (Phi) is 4.57. The Morgan fingerprint density at radius 1 is 1.15 bits per heavy atom. The summed E-state index contributed by atoms with van der Waals surface area (Å²) >= 11 is 5.87. The van der Waals surface area contributed by atoms with Gasteiger partial charge in [0.15, 0.2) is 17.4 Å². The van der Waals surface area contributed by atoms with E-state index in [9.17, 15) is 8.78 Å². The summed E-state index contributed by atoms with van der Waals surface area (Å²) in [6.07, 6.45) is 0.189. The van der Waals surface area contributed by atoms with Crippen LogP contribution in [-0.4, -0.2) is 11.7 Å². The predicted octanol–water partition coefficient (Wildman–Crippen LogP) is 4.25. The molecule has 0 aromatic heterocycles.